The second-order valence-electron chi connectivity index (χ2n) is 2.87. The number of esters is 1. The van der Waals surface area contributed by atoms with Gasteiger partial charge in [0.05, 0.1) is 0 Å². The van der Waals surface area contributed by atoms with E-state index in [-0.39, 0.29) is 5.97 Å². The van der Waals surface area contributed by atoms with Gasteiger partial charge in [-0.2, -0.15) is 0 Å². The first-order valence-electron chi connectivity index (χ1n) is 4.20. The molecule has 0 radical (unpaired) electrons. The zero-order valence-corrected chi connectivity index (χ0v) is 7.50. The minimum Gasteiger partial charge on any atom is -0.426 e. The average Bonchev–Trinajstić information content (AvgIpc) is 2.45. The number of unbranched alkanes of at least 4 members (excludes halogenated alkanes) is 1. The van der Waals surface area contributed by atoms with E-state index in [9.17, 15) is 4.79 Å². The van der Waals surface area contributed by atoms with Crippen molar-refractivity contribution >= 4 is 5.97 Å². The molecule has 68 valence electrons. The predicted octanol–water partition coefficient (Wildman–Crippen LogP) is 1.63. The number of hydrogen-bond donors (Lipinski definition) is 0. The fourth-order valence-corrected chi connectivity index (χ4v) is 1.20. The Kier molecular flexibility index (Phi) is 2.87. The molecule has 0 N–H and O–H groups in total. The molecule has 0 saturated heterocycles. The molecule has 1 aliphatic heterocycles. The molecule has 1 rings (SSSR count). The first-order chi connectivity index (χ1) is 5.72. The summed E-state index contributed by atoms with van der Waals surface area (Å²) in [7, 11) is 1.55. The quantitative estimate of drug-likeness (QED) is 0.601. The molecule has 0 spiro atoms. The second-order valence-corrected chi connectivity index (χ2v) is 2.87. The number of rotatable bonds is 4. The Bertz CT molecular complexity index is 198. The summed E-state index contributed by atoms with van der Waals surface area (Å²) in [5.41, 5.74) is 0. The van der Waals surface area contributed by atoms with Gasteiger partial charge in [-0.15, -0.1) is 0 Å². The lowest BCUT2D eigenvalue weighted by Gasteiger charge is -2.24. The summed E-state index contributed by atoms with van der Waals surface area (Å²) < 4.78 is 10.2. The van der Waals surface area contributed by atoms with Gasteiger partial charge >= 0.3 is 5.97 Å². The smallest absolute Gasteiger partial charge is 0.333 e. The summed E-state index contributed by atoms with van der Waals surface area (Å²) in [4.78, 5) is 10.8. The van der Waals surface area contributed by atoms with E-state index in [0.717, 1.165) is 19.3 Å². The average molecular weight is 170 g/mol. The van der Waals surface area contributed by atoms with Crippen molar-refractivity contribution in [2.24, 2.45) is 0 Å². The van der Waals surface area contributed by atoms with Crippen LogP contribution in [0.5, 0.6) is 0 Å². The van der Waals surface area contributed by atoms with E-state index >= 15 is 0 Å². The molecule has 1 heterocycles. The van der Waals surface area contributed by atoms with E-state index in [4.69, 9.17) is 9.47 Å². The van der Waals surface area contributed by atoms with Crippen molar-refractivity contribution in [2.75, 3.05) is 7.11 Å². The third kappa shape index (κ3) is 1.85. The first kappa shape index (κ1) is 9.26. The van der Waals surface area contributed by atoms with E-state index in [0.29, 0.717) is 0 Å². The third-order valence-electron chi connectivity index (χ3n) is 1.97. The van der Waals surface area contributed by atoms with Gasteiger partial charge < -0.3 is 9.47 Å². The largest absolute Gasteiger partial charge is 0.426 e. The van der Waals surface area contributed by atoms with Crippen LogP contribution in [0.25, 0.3) is 0 Å². The Balaban J connectivity index is 2.53. The maximum Gasteiger partial charge on any atom is 0.333 e. The Labute approximate surface area is 72.4 Å². The Morgan fingerprint density at radius 1 is 1.67 bits per heavy atom. The number of carbonyl (C=O) groups excluding carboxylic acids is 1. The van der Waals surface area contributed by atoms with Gasteiger partial charge in [-0.05, 0) is 12.5 Å². The van der Waals surface area contributed by atoms with Gasteiger partial charge in [0.2, 0.25) is 5.79 Å². The van der Waals surface area contributed by atoms with Crippen LogP contribution in [0.1, 0.15) is 26.2 Å². The van der Waals surface area contributed by atoms with Crippen LogP contribution in [0.4, 0.5) is 0 Å². The predicted molar refractivity (Wildman–Crippen MR) is 44.5 cm³/mol. The number of cyclic esters (lactones) is 1. The van der Waals surface area contributed by atoms with Crippen LogP contribution in [0.2, 0.25) is 0 Å². The molecule has 0 aromatic heterocycles. The highest BCUT2D eigenvalue weighted by molar-refractivity contribution is 5.84. The molecule has 12 heavy (non-hydrogen) atoms. The molecule has 0 aliphatic carbocycles. The standard InChI is InChI=1S/C9H14O3/c1-3-4-6-9(11-2)7-5-8(10)12-9/h5,7H,3-4,6H2,1-2H3/t9-/m0/s1. The van der Waals surface area contributed by atoms with Crippen molar-refractivity contribution in [3.63, 3.8) is 0 Å². The number of carbonyl (C=O) groups is 1. The molecule has 1 atom stereocenters. The minimum atomic E-state index is -0.771. The van der Waals surface area contributed by atoms with Gasteiger partial charge in [0.1, 0.15) is 0 Å². The zero-order chi connectivity index (χ0) is 9.03. The van der Waals surface area contributed by atoms with Crippen molar-refractivity contribution in [1.82, 2.24) is 0 Å². The third-order valence-corrected chi connectivity index (χ3v) is 1.97. The topological polar surface area (TPSA) is 35.5 Å². The Morgan fingerprint density at radius 3 is 2.83 bits per heavy atom. The monoisotopic (exact) mass is 170 g/mol. The zero-order valence-electron chi connectivity index (χ0n) is 7.50. The number of methoxy groups -OCH3 is 1. The maximum absolute atomic E-state index is 10.8. The van der Waals surface area contributed by atoms with Gasteiger partial charge in [-0.3, -0.25) is 0 Å². The van der Waals surface area contributed by atoms with Gasteiger partial charge in [-0.25, -0.2) is 4.79 Å². The summed E-state index contributed by atoms with van der Waals surface area (Å²) in [6, 6.07) is 0. The van der Waals surface area contributed by atoms with Crippen LogP contribution in [0.15, 0.2) is 12.2 Å². The number of ether oxygens (including phenoxy) is 2. The minimum absolute atomic E-state index is 0.312. The fourth-order valence-electron chi connectivity index (χ4n) is 1.20. The summed E-state index contributed by atoms with van der Waals surface area (Å²) in [6.45, 7) is 2.09. The lowest BCUT2D eigenvalue weighted by molar-refractivity contribution is -0.190. The van der Waals surface area contributed by atoms with Gasteiger partial charge in [-0.1, -0.05) is 13.3 Å². The van der Waals surface area contributed by atoms with Crippen molar-refractivity contribution in [3.05, 3.63) is 12.2 Å². The molecular weight excluding hydrogens is 156 g/mol. The highest BCUT2D eigenvalue weighted by atomic mass is 16.7. The molecule has 0 fully saturated rings. The molecule has 0 amide bonds. The van der Waals surface area contributed by atoms with Crippen LogP contribution in [-0.4, -0.2) is 18.9 Å². The van der Waals surface area contributed by atoms with E-state index in [1.165, 1.54) is 6.08 Å². The van der Waals surface area contributed by atoms with Crippen molar-refractivity contribution in [2.45, 2.75) is 32.0 Å². The molecule has 0 aromatic rings. The van der Waals surface area contributed by atoms with E-state index < -0.39 is 5.79 Å². The SMILES string of the molecule is CCCC[C@@]1(OC)C=CC(=O)O1. The van der Waals surface area contributed by atoms with Crippen LogP contribution >= 0.6 is 0 Å². The number of hydrogen-bond acceptors (Lipinski definition) is 3. The Hall–Kier alpha value is -0.830. The van der Waals surface area contributed by atoms with Crippen LogP contribution in [0.3, 0.4) is 0 Å². The van der Waals surface area contributed by atoms with E-state index in [1.54, 1.807) is 13.2 Å². The van der Waals surface area contributed by atoms with Crippen LogP contribution in [-0.2, 0) is 14.3 Å². The molecule has 3 heteroatoms. The van der Waals surface area contributed by atoms with Crippen LogP contribution < -0.4 is 0 Å². The van der Waals surface area contributed by atoms with Gasteiger partial charge in [0.15, 0.2) is 0 Å². The lowest BCUT2D eigenvalue weighted by Crippen LogP contribution is -2.30. The highest BCUT2D eigenvalue weighted by Crippen LogP contribution is 2.26. The molecule has 0 aromatic carbocycles. The normalized spacial score (nSPS) is 27.7. The van der Waals surface area contributed by atoms with Crippen molar-refractivity contribution < 1.29 is 14.3 Å². The molecule has 0 saturated carbocycles. The lowest BCUT2D eigenvalue weighted by atomic mass is 10.1. The summed E-state index contributed by atoms with van der Waals surface area (Å²) >= 11 is 0. The van der Waals surface area contributed by atoms with E-state index in [1.807, 2.05) is 0 Å². The fraction of sp³-hybridized carbons (Fsp3) is 0.667. The van der Waals surface area contributed by atoms with Crippen molar-refractivity contribution in [1.29, 1.82) is 0 Å². The maximum atomic E-state index is 10.8. The first-order valence-corrected chi connectivity index (χ1v) is 4.20. The summed E-state index contributed by atoms with van der Waals surface area (Å²) in [5.74, 6) is -1.08. The van der Waals surface area contributed by atoms with Gasteiger partial charge in [0, 0.05) is 19.6 Å². The molecule has 1 aliphatic rings. The molecular formula is C9H14O3. The van der Waals surface area contributed by atoms with Crippen molar-refractivity contribution in [3.8, 4) is 0 Å². The molecule has 0 unspecified atom stereocenters. The van der Waals surface area contributed by atoms with Crippen LogP contribution in [0, 0.1) is 0 Å². The van der Waals surface area contributed by atoms with Gasteiger partial charge in [0.25, 0.3) is 0 Å². The molecule has 3 nitrogen and oxygen atoms in total. The summed E-state index contributed by atoms with van der Waals surface area (Å²) in [6.07, 6.45) is 5.90. The van der Waals surface area contributed by atoms with E-state index in [2.05, 4.69) is 6.92 Å². The second kappa shape index (κ2) is 3.72. The Morgan fingerprint density at radius 2 is 2.42 bits per heavy atom. The highest BCUT2D eigenvalue weighted by Gasteiger charge is 2.34. The summed E-state index contributed by atoms with van der Waals surface area (Å²) in [5, 5.41) is 0. The molecule has 0 bridgehead atoms.